The largest absolute Gasteiger partial charge is 0.465 e. The SMILES string of the molecule is COC(=O)c1sc(N=S2(=O)CCN(c3ccc(N4C[C@H](Cn5ccnn5)OC4=O)cc3F)CC2)nc1N. The lowest BCUT2D eigenvalue weighted by Crippen LogP contribution is -2.40. The van der Waals surface area contributed by atoms with E-state index in [1.165, 1.54) is 24.3 Å². The molecule has 0 aliphatic carbocycles. The minimum atomic E-state index is -2.67. The first-order valence-electron chi connectivity index (χ1n) is 11.2. The van der Waals surface area contributed by atoms with Crippen molar-refractivity contribution in [3.63, 3.8) is 0 Å². The van der Waals surface area contributed by atoms with Crippen molar-refractivity contribution in [1.29, 1.82) is 0 Å². The normalized spacial score (nSPS) is 19.1. The van der Waals surface area contributed by atoms with E-state index in [4.69, 9.17) is 10.5 Å². The summed E-state index contributed by atoms with van der Waals surface area (Å²) in [6.07, 6.45) is 2.20. The summed E-state index contributed by atoms with van der Waals surface area (Å²) in [7, 11) is -1.44. The van der Waals surface area contributed by atoms with Gasteiger partial charge in [-0.3, -0.25) is 4.90 Å². The molecule has 2 N–H and O–H groups in total. The Bertz CT molecular complexity index is 1440. The van der Waals surface area contributed by atoms with E-state index in [9.17, 15) is 13.8 Å². The van der Waals surface area contributed by atoms with Crippen LogP contribution in [0, 0.1) is 5.82 Å². The van der Waals surface area contributed by atoms with Gasteiger partial charge in [0, 0.05) is 30.8 Å². The molecular weight excluding hydrogens is 527 g/mol. The molecule has 1 atom stereocenters. The van der Waals surface area contributed by atoms with Gasteiger partial charge in [0.25, 0.3) is 0 Å². The van der Waals surface area contributed by atoms with Gasteiger partial charge < -0.3 is 20.1 Å². The molecule has 2 aliphatic rings. The number of benzene rings is 1. The zero-order valence-corrected chi connectivity index (χ0v) is 21.3. The maximum Gasteiger partial charge on any atom is 0.414 e. The number of amides is 1. The third-order valence-corrected chi connectivity index (χ3v) is 9.15. The Labute approximate surface area is 215 Å². The third-order valence-electron chi connectivity index (χ3n) is 5.94. The highest BCUT2D eigenvalue weighted by Crippen LogP contribution is 2.32. The van der Waals surface area contributed by atoms with E-state index in [1.807, 2.05) is 0 Å². The number of nitrogen functional groups attached to an aromatic ring is 1. The van der Waals surface area contributed by atoms with Gasteiger partial charge in [-0.25, -0.2) is 22.9 Å². The number of cyclic esters (lactones) is 1. The minimum absolute atomic E-state index is 0.0233. The molecule has 2 saturated heterocycles. The molecule has 37 heavy (non-hydrogen) atoms. The molecule has 2 aromatic heterocycles. The number of thiazole rings is 1. The molecule has 16 heteroatoms. The number of ether oxygens (including phenoxy) is 2. The van der Waals surface area contributed by atoms with Crippen LogP contribution in [0.15, 0.2) is 35.0 Å². The van der Waals surface area contributed by atoms with E-state index in [0.29, 0.717) is 31.0 Å². The van der Waals surface area contributed by atoms with Crippen LogP contribution >= 0.6 is 11.3 Å². The van der Waals surface area contributed by atoms with Crippen molar-refractivity contribution < 1.29 is 27.7 Å². The summed E-state index contributed by atoms with van der Waals surface area (Å²) >= 11 is 0.918. The lowest BCUT2D eigenvalue weighted by Gasteiger charge is -2.31. The van der Waals surface area contributed by atoms with Crippen LogP contribution < -0.4 is 15.5 Å². The molecule has 3 aromatic rings. The van der Waals surface area contributed by atoms with Crippen molar-refractivity contribution in [3.8, 4) is 0 Å². The van der Waals surface area contributed by atoms with Crippen LogP contribution in [0.3, 0.4) is 0 Å². The van der Waals surface area contributed by atoms with E-state index in [-0.39, 0.29) is 33.9 Å². The minimum Gasteiger partial charge on any atom is -0.465 e. The average molecular weight is 551 g/mol. The molecule has 2 aliphatic heterocycles. The molecule has 196 valence electrons. The van der Waals surface area contributed by atoms with Gasteiger partial charge in [0.1, 0.15) is 11.9 Å². The Morgan fingerprint density at radius 1 is 1.38 bits per heavy atom. The molecule has 0 spiro atoms. The molecule has 2 fully saturated rings. The smallest absolute Gasteiger partial charge is 0.414 e. The highest BCUT2D eigenvalue weighted by Gasteiger charge is 2.33. The van der Waals surface area contributed by atoms with Gasteiger partial charge in [-0.2, -0.15) is 9.35 Å². The summed E-state index contributed by atoms with van der Waals surface area (Å²) in [5.74, 6) is -0.795. The lowest BCUT2D eigenvalue weighted by atomic mass is 10.2. The monoisotopic (exact) mass is 550 g/mol. The Morgan fingerprint density at radius 3 is 2.84 bits per heavy atom. The zero-order chi connectivity index (χ0) is 26.2. The van der Waals surface area contributed by atoms with Crippen molar-refractivity contribution in [3.05, 3.63) is 41.3 Å². The van der Waals surface area contributed by atoms with Gasteiger partial charge in [-0.05, 0) is 18.2 Å². The van der Waals surface area contributed by atoms with Crippen LogP contribution in [-0.2, 0) is 25.7 Å². The fourth-order valence-electron chi connectivity index (χ4n) is 4.08. The fraction of sp³-hybridized carbons (Fsp3) is 0.381. The number of anilines is 3. The number of halogens is 1. The van der Waals surface area contributed by atoms with Gasteiger partial charge in [-0.1, -0.05) is 16.6 Å². The van der Waals surface area contributed by atoms with Gasteiger partial charge in [0.2, 0.25) is 5.13 Å². The highest BCUT2D eigenvalue weighted by molar-refractivity contribution is 7.93. The van der Waals surface area contributed by atoms with Crippen LogP contribution in [0.25, 0.3) is 0 Å². The quantitative estimate of drug-likeness (QED) is 0.449. The molecule has 13 nitrogen and oxygen atoms in total. The molecule has 0 radical (unpaired) electrons. The van der Waals surface area contributed by atoms with E-state index in [0.717, 1.165) is 11.3 Å². The van der Waals surface area contributed by atoms with Crippen molar-refractivity contribution in [2.24, 2.45) is 4.36 Å². The molecule has 1 amide bonds. The van der Waals surface area contributed by atoms with E-state index < -0.39 is 33.7 Å². The molecule has 0 saturated carbocycles. The maximum absolute atomic E-state index is 15.1. The maximum atomic E-state index is 15.1. The standard InChI is InChI=1S/C21H23FN8O5S2/c1-34-19(31)17-18(23)25-20(36-17)26-37(33)8-6-28(7-9-37)16-3-2-13(10-15(16)22)30-12-14(35-21(30)32)11-29-5-4-24-27-29/h2-5,10,14H,6-9,11-12,23H2,1H3/t14-/m0/s1. The fourth-order valence-corrected chi connectivity index (χ4v) is 7.00. The van der Waals surface area contributed by atoms with Crippen LogP contribution in [0.5, 0.6) is 0 Å². The Kier molecular flexibility index (Phi) is 6.68. The van der Waals surface area contributed by atoms with Crippen molar-refractivity contribution in [2.75, 3.05) is 53.8 Å². The number of nitrogens with two attached hydrogens (primary N) is 1. The molecule has 0 bridgehead atoms. The topological polar surface area (TPSA) is 158 Å². The average Bonchev–Trinajstić information content (AvgIpc) is 3.60. The number of nitrogens with zero attached hydrogens (tertiary/aromatic N) is 7. The number of esters is 1. The van der Waals surface area contributed by atoms with Crippen LogP contribution in [0.4, 0.5) is 31.5 Å². The second-order valence-corrected chi connectivity index (χ2v) is 11.9. The molecular formula is C21H23FN8O5S2. The van der Waals surface area contributed by atoms with Crippen LogP contribution in [0.1, 0.15) is 9.67 Å². The van der Waals surface area contributed by atoms with E-state index in [2.05, 4.69) is 24.4 Å². The molecule has 4 heterocycles. The number of hydrogen-bond donors (Lipinski definition) is 1. The highest BCUT2D eigenvalue weighted by atomic mass is 32.2. The van der Waals surface area contributed by atoms with Crippen molar-refractivity contribution >= 4 is 55.5 Å². The number of rotatable bonds is 6. The van der Waals surface area contributed by atoms with Gasteiger partial charge in [-0.15, -0.1) is 5.10 Å². The summed E-state index contributed by atoms with van der Waals surface area (Å²) in [5.41, 5.74) is 6.46. The van der Waals surface area contributed by atoms with Gasteiger partial charge in [0.15, 0.2) is 10.7 Å². The third kappa shape index (κ3) is 5.20. The molecule has 5 rings (SSSR count). The number of carbonyl (C=O) groups excluding carboxylic acids is 2. The van der Waals surface area contributed by atoms with Gasteiger partial charge >= 0.3 is 12.1 Å². The second-order valence-electron chi connectivity index (χ2n) is 8.34. The van der Waals surface area contributed by atoms with E-state index >= 15 is 4.39 Å². The summed E-state index contributed by atoms with van der Waals surface area (Å²) < 4.78 is 44.2. The number of hydrogen-bond acceptors (Lipinski definition) is 12. The molecule has 0 unspecified atom stereocenters. The molecule has 1 aromatic carbocycles. The summed E-state index contributed by atoms with van der Waals surface area (Å²) in [5, 5.41) is 7.74. The summed E-state index contributed by atoms with van der Waals surface area (Å²) in [4.78, 5) is 31.4. The lowest BCUT2D eigenvalue weighted by molar-refractivity contribution is 0.0607. The predicted octanol–water partition coefficient (Wildman–Crippen LogP) is 1.89. The van der Waals surface area contributed by atoms with E-state index in [1.54, 1.807) is 27.9 Å². The van der Waals surface area contributed by atoms with Crippen molar-refractivity contribution in [1.82, 2.24) is 20.0 Å². The summed E-state index contributed by atoms with van der Waals surface area (Å²) in [6, 6.07) is 4.54. The Morgan fingerprint density at radius 2 is 2.16 bits per heavy atom. The van der Waals surface area contributed by atoms with Crippen molar-refractivity contribution in [2.45, 2.75) is 12.6 Å². The first-order valence-corrected chi connectivity index (χ1v) is 13.9. The zero-order valence-electron chi connectivity index (χ0n) is 19.7. The first kappa shape index (κ1) is 24.9. The van der Waals surface area contributed by atoms with Gasteiger partial charge in [0.05, 0.1) is 47.5 Å². The Balaban J connectivity index is 1.25. The van der Waals surface area contributed by atoms with Crippen LogP contribution in [-0.4, -0.2) is 80.6 Å². The second kappa shape index (κ2) is 9.93. The Hall–Kier alpha value is -3.79. The number of methoxy groups -OCH3 is 1. The number of aromatic nitrogens is 4. The predicted molar refractivity (Wildman–Crippen MR) is 134 cm³/mol. The van der Waals surface area contributed by atoms with Crippen LogP contribution in [0.2, 0.25) is 0 Å². The summed E-state index contributed by atoms with van der Waals surface area (Å²) in [6.45, 7) is 1.20. The first-order chi connectivity index (χ1) is 17.7. The number of carbonyl (C=O) groups is 2.